The van der Waals surface area contributed by atoms with Crippen LogP contribution in [-0.4, -0.2) is 11.4 Å². The van der Waals surface area contributed by atoms with Gasteiger partial charge in [-0.05, 0) is 24.1 Å². The van der Waals surface area contributed by atoms with E-state index in [0.29, 0.717) is 18.5 Å². The molecule has 3 nitrogen and oxygen atoms in total. The van der Waals surface area contributed by atoms with E-state index in [0.717, 1.165) is 11.8 Å². The Bertz CT molecular complexity index is 284. The molecule has 12 heavy (non-hydrogen) atoms. The van der Waals surface area contributed by atoms with Crippen molar-refractivity contribution in [3.05, 3.63) is 23.8 Å². The summed E-state index contributed by atoms with van der Waals surface area (Å²) in [6, 6.07) is 5.02. The number of benzene rings is 1. The SMILES string of the molecule is Nc1ccc(CCC=O)cc1O. The first-order chi connectivity index (χ1) is 5.74. The van der Waals surface area contributed by atoms with E-state index in [1.54, 1.807) is 18.2 Å². The van der Waals surface area contributed by atoms with Crippen molar-refractivity contribution in [2.75, 3.05) is 5.73 Å². The van der Waals surface area contributed by atoms with E-state index in [4.69, 9.17) is 5.73 Å². The highest BCUT2D eigenvalue weighted by molar-refractivity contribution is 5.54. The molecule has 1 aromatic carbocycles. The lowest BCUT2D eigenvalue weighted by molar-refractivity contribution is -0.107. The average Bonchev–Trinajstić information content (AvgIpc) is 2.07. The number of carbonyl (C=O) groups excluding carboxylic acids is 1. The fourth-order valence-corrected chi connectivity index (χ4v) is 0.970. The first-order valence-corrected chi connectivity index (χ1v) is 3.75. The van der Waals surface area contributed by atoms with Gasteiger partial charge >= 0.3 is 0 Å². The summed E-state index contributed by atoms with van der Waals surface area (Å²) in [7, 11) is 0. The van der Waals surface area contributed by atoms with E-state index in [1.165, 1.54) is 0 Å². The van der Waals surface area contributed by atoms with Crippen LogP contribution in [0.4, 0.5) is 5.69 Å². The summed E-state index contributed by atoms with van der Waals surface area (Å²) in [5.74, 6) is 0.0819. The van der Waals surface area contributed by atoms with Gasteiger partial charge in [0, 0.05) is 6.42 Å². The Balaban J connectivity index is 2.75. The van der Waals surface area contributed by atoms with Gasteiger partial charge in [0.15, 0.2) is 0 Å². The molecular weight excluding hydrogens is 154 g/mol. The van der Waals surface area contributed by atoms with Crippen molar-refractivity contribution in [2.24, 2.45) is 0 Å². The number of phenols is 1. The van der Waals surface area contributed by atoms with Gasteiger partial charge in [-0.15, -0.1) is 0 Å². The third-order valence-electron chi connectivity index (χ3n) is 1.65. The summed E-state index contributed by atoms with van der Waals surface area (Å²) in [6.07, 6.45) is 1.98. The van der Waals surface area contributed by atoms with Crippen molar-refractivity contribution in [3.8, 4) is 5.75 Å². The van der Waals surface area contributed by atoms with Crippen LogP contribution in [0.3, 0.4) is 0 Å². The number of nitrogen functional groups attached to an aromatic ring is 1. The van der Waals surface area contributed by atoms with Crippen LogP contribution in [0, 0.1) is 0 Å². The van der Waals surface area contributed by atoms with E-state index in [-0.39, 0.29) is 5.75 Å². The van der Waals surface area contributed by atoms with Crippen LogP contribution in [-0.2, 0) is 11.2 Å². The van der Waals surface area contributed by atoms with E-state index in [9.17, 15) is 9.90 Å². The maximum atomic E-state index is 10.0. The van der Waals surface area contributed by atoms with Gasteiger partial charge in [-0.25, -0.2) is 0 Å². The molecule has 0 amide bonds. The molecular formula is C9H11NO2. The van der Waals surface area contributed by atoms with Crippen molar-refractivity contribution in [1.82, 2.24) is 0 Å². The molecule has 3 heteroatoms. The standard InChI is InChI=1S/C9H11NO2/c10-8-4-3-7(2-1-5-11)6-9(8)12/h3-6,12H,1-2,10H2. The van der Waals surface area contributed by atoms with Gasteiger partial charge in [0.1, 0.15) is 12.0 Å². The number of anilines is 1. The van der Waals surface area contributed by atoms with Crippen LogP contribution in [0.15, 0.2) is 18.2 Å². The number of hydrogen-bond acceptors (Lipinski definition) is 3. The second kappa shape index (κ2) is 3.76. The Morgan fingerprint density at radius 3 is 2.83 bits per heavy atom. The molecule has 0 heterocycles. The monoisotopic (exact) mass is 165 g/mol. The molecule has 0 saturated heterocycles. The van der Waals surface area contributed by atoms with Crippen molar-refractivity contribution >= 4 is 12.0 Å². The summed E-state index contributed by atoms with van der Waals surface area (Å²) in [5, 5.41) is 9.19. The molecule has 64 valence electrons. The topological polar surface area (TPSA) is 63.3 Å². The zero-order valence-electron chi connectivity index (χ0n) is 6.66. The Labute approximate surface area is 70.8 Å². The largest absolute Gasteiger partial charge is 0.506 e. The molecule has 0 unspecified atom stereocenters. The molecule has 0 radical (unpaired) electrons. The highest BCUT2D eigenvalue weighted by atomic mass is 16.3. The smallest absolute Gasteiger partial charge is 0.138 e. The second-order valence-electron chi connectivity index (χ2n) is 2.60. The molecule has 3 N–H and O–H groups in total. The number of aldehydes is 1. The summed E-state index contributed by atoms with van der Waals surface area (Å²) in [6.45, 7) is 0. The predicted octanol–water partition coefficient (Wildman–Crippen LogP) is 1.11. The highest BCUT2D eigenvalue weighted by Gasteiger charge is 1.97. The fraction of sp³-hybridized carbons (Fsp3) is 0.222. The number of rotatable bonds is 3. The minimum atomic E-state index is 0.0819. The summed E-state index contributed by atoms with van der Waals surface area (Å²) >= 11 is 0. The first kappa shape index (κ1) is 8.59. The number of aromatic hydroxyl groups is 1. The van der Waals surface area contributed by atoms with Crippen LogP contribution in [0.1, 0.15) is 12.0 Å². The van der Waals surface area contributed by atoms with Gasteiger partial charge in [0.25, 0.3) is 0 Å². The predicted molar refractivity (Wildman–Crippen MR) is 46.9 cm³/mol. The molecule has 0 aliphatic heterocycles. The molecule has 0 bridgehead atoms. The third-order valence-corrected chi connectivity index (χ3v) is 1.65. The van der Waals surface area contributed by atoms with Crippen molar-refractivity contribution < 1.29 is 9.90 Å². The fourth-order valence-electron chi connectivity index (χ4n) is 0.970. The van der Waals surface area contributed by atoms with Gasteiger partial charge in [0.05, 0.1) is 5.69 Å². The van der Waals surface area contributed by atoms with Crippen LogP contribution >= 0.6 is 0 Å². The number of phenolic OH excluding ortho intramolecular Hbond substituents is 1. The molecule has 0 fully saturated rings. The van der Waals surface area contributed by atoms with Gasteiger partial charge in [0.2, 0.25) is 0 Å². The Hall–Kier alpha value is -1.51. The summed E-state index contributed by atoms with van der Waals surface area (Å²) in [4.78, 5) is 10.0. The minimum Gasteiger partial charge on any atom is -0.506 e. The zero-order valence-corrected chi connectivity index (χ0v) is 6.66. The summed E-state index contributed by atoms with van der Waals surface area (Å²) < 4.78 is 0. The zero-order chi connectivity index (χ0) is 8.97. The molecule has 1 rings (SSSR count). The van der Waals surface area contributed by atoms with E-state index >= 15 is 0 Å². The molecule has 0 saturated carbocycles. The second-order valence-corrected chi connectivity index (χ2v) is 2.60. The normalized spacial score (nSPS) is 9.67. The Morgan fingerprint density at radius 2 is 2.25 bits per heavy atom. The molecule has 0 aliphatic rings. The van der Waals surface area contributed by atoms with Crippen LogP contribution < -0.4 is 5.73 Å². The Kier molecular flexibility index (Phi) is 2.69. The maximum absolute atomic E-state index is 10.0. The average molecular weight is 165 g/mol. The summed E-state index contributed by atoms with van der Waals surface area (Å²) in [5.41, 5.74) is 6.69. The van der Waals surface area contributed by atoms with Crippen molar-refractivity contribution in [2.45, 2.75) is 12.8 Å². The molecule has 0 aliphatic carbocycles. The quantitative estimate of drug-likeness (QED) is 0.400. The van der Waals surface area contributed by atoms with Gasteiger partial charge in [-0.3, -0.25) is 0 Å². The molecule has 0 spiro atoms. The molecule has 1 aromatic rings. The number of nitrogens with two attached hydrogens (primary N) is 1. The van der Waals surface area contributed by atoms with Crippen molar-refractivity contribution in [3.63, 3.8) is 0 Å². The maximum Gasteiger partial charge on any atom is 0.138 e. The van der Waals surface area contributed by atoms with Gasteiger partial charge in [-0.1, -0.05) is 6.07 Å². The van der Waals surface area contributed by atoms with Crippen LogP contribution in [0.5, 0.6) is 5.75 Å². The van der Waals surface area contributed by atoms with E-state index in [2.05, 4.69) is 0 Å². The molecule has 0 atom stereocenters. The highest BCUT2D eigenvalue weighted by Crippen LogP contribution is 2.20. The lowest BCUT2D eigenvalue weighted by atomic mass is 10.1. The first-order valence-electron chi connectivity index (χ1n) is 3.75. The van der Waals surface area contributed by atoms with Gasteiger partial charge in [-0.2, -0.15) is 0 Å². The third kappa shape index (κ3) is 1.99. The van der Waals surface area contributed by atoms with Gasteiger partial charge < -0.3 is 15.6 Å². The lowest BCUT2D eigenvalue weighted by Gasteiger charge is -2.01. The minimum absolute atomic E-state index is 0.0819. The van der Waals surface area contributed by atoms with Crippen LogP contribution in [0.25, 0.3) is 0 Å². The number of aryl methyl sites for hydroxylation is 1. The van der Waals surface area contributed by atoms with E-state index in [1.807, 2.05) is 0 Å². The lowest BCUT2D eigenvalue weighted by Crippen LogP contribution is -1.89. The van der Waals surface area contributed by atoms with Crippen molar-refractivity contribution in [1.29, 1.82) is 0 Å². The Morgan fingerprint density at radius 1 is 1.50 bits per heavy atom. The van der Waals surface area contributed by atoms with Crippen LogP contribution in [0.2, 0.25) is 0 Å². The number of hydrogen-bond donors (Lipinski definition) is 2. The molecule has 0 aromatic heterocycles. The number of carbonyl (C=O) groups is 1. The van der Waals surface area contributed by atoms with E-state index < -0.39 is 0 Å².